The maximum Gasteiger partial charge on any atom is 0.253 e. The molecule has 0 amide bonds. The lowest BCUT2D eigenvalue weighted by molar-refractivity contribution is 0.0216. The van der Waals surface area contributed by atoms with E-state index in [-0.39, 0.29) is 17.3 Å². The molecule has 1 fully saturated rings. The summed E-state index contributed by atoms with van der Waals surface area (Å²) in [6, 6.07) is 1.69. The zero-order chi connectivity index (χ0) is 12.6. The van der Waals surface area contributed by atoms with Gasteiger partial charge in [-0.1, -0.05) is 0 Å². The zero-order valence-corrected chi connectivity index (χ0v) is 12.3. The molecule has 1 saturated heterocycles. The largest absolute Gasteiger partial charge is 0.389 e. The molecule has 2 atom stereocenters. The van der Waals surface area contributed by atoms with Gasteiger partial charge in [-0.05, 0) is 27.4 Å². The second-order valence-electron chi connectivity index (χ2n) is 3.72. The fraction of sp³-hybridized carbons (Fsp3) is 0.556. The number of β-amino-alcohol motifs (C(OH)–C–C–N with tert-alkyl or cyclic N) is 1. The van der Waals surface area contributed by atoms with E-state index in [0.717, 1.165) is 11.3 Å². The lowest BCUT2D eigenvalue weighted by Crippen LogP contribution is -2.29. The van der Waals surface area contributed by atoms with Crippen LogP contribution in [-0.4, -0.2) is 50.2 Å². The van der Waals surface area contributed by atoms with Crippen molar-refractivity contribution in [2.45, 2.75) is 16.4 Å². The van der Waals surface area contributed by atoms with Crippen LogP contribution in [-0.2, 0) is 14.8 Å². The first-order chi connectivity index (χ1) is 7.96. The van der Waals surface area contributed by atoms with Crippen LogP contribution in [0, 0.1) is 0 Å². The number of nitrogens with zero attached hydrogens (tertiary/aromatic N) is 1. The van der Waals surface area contributed by atoms with Crippen molar-refractivity contribution in [3.05, 3.63) is 15.9 Å². The SMILES string of the molecule is CO[C@@H]1CN(S(=O)(=O)c2sccc2Br)C[C@H]1O. The monoisotopic (exact) mass is 341 g/mol. The molecule has 0 unspecified atom stereocenters. The molecule has 1 aromatic heterocycles. The maximum atomic E-state index is 12.3. The molecule has 96 valence electrons. The Bertz CT molecular complexity index is 501. The Morgan fingerprint density at radius 2 is 2.29 bits per heavy atom. The zero-order valence-electron chi connectivity index (χ0n) is 9.04. The van der Waals surface area contributed by atoms with Gasteiger partial charge in [0.15, 0.2) is 0 Å². The van der Waals surface area contributed by atoms with Crippen molar-refractivity contribution in [3.8, 4) is 0 Å². The van der Waals surface area contributed by atoms with Crippen molar-refractivity contribution < 1.29 is 18.3 Å². The van der Waals surface area contributed by atoms with Gasteiger partial charge in [0, 0.05) is 24.7 Å². The van der Waals surface area contributed by atoms with Crippen LogP contribution in [0.3, 0.4) is 0 Å². The number of hydrogen-bond donors (Lipinski definition) is 1. The molecular weight excluding hydrogens is 330 g/mol. The summed E-state index contributed by atoms with van der Waals surface area (Å²) in [5.41, 5.74) is 0. The molecule has 2 rings (SSSR count). The van der Waals surface area contributed by atoms with E-state index in [4.69, 9.17) is 4.74 Å². The summed E-state index contributed by atoms with van der Waals surface area (Å²) in [5.74, 6) is 0. The van der Waals surface area contributed by atoms with Crippen molar-refractivity contribution in [1.29, 1.82) is 0 Å². The predicted octanol–water partition coefficient (Wildman–Crippen LogP) is 0.891. The van der Waals surface area contributed by atoms with Gasteiger partial charge in [-0.15, -0.1) is 11.3 Å². The summed E-state index contributed by atoms with van der Waals surface area (Å²) in [6.45, 7) is 0.259. The van der Waals surface area contributed by atoms with Crippen molar-refractivity contribution in [2.24, 2.45) is 0 Å². The van der Waals surface area contributed by atoms with Crippen LogP contribution < -0.4 is 0 Å². The van der Waals surface area contributed by atoms with Gasteiger partial charge < -0.3 is 9.84 Å². The number of aliphatic hydroxyl groups excluding tert-OH is 1. The van der Waals surface area contributed by atoms with Gasteiger partial charge in [-0.2, -0.15) is 4.31 Å². The Balaban J connectivity index is 2.27. The summed E-state index contributed by atoms with van der Waals surface area (Å²) in [4.78, 5) is 0. The Morgan fingerprint density at radius 3 is 2.76 bits per heavy atom. The van der Waals surface area contributed by atoms with Crippen molar-refractivity contribution in [2.75, 3.05) is 20.2 Å². The molecular formula is C9H12BrNO4S2. The maximum absolute atomic E-state index is 12.3. The second-order valence-corrected chi connectivity index (χ2v) is 7.62. The van der Waals surface area contributed by atoms with E-state index in [1.54, 1.807) is 11.4 Å². The fourth-order valence-electron chi connectivity index (χ4n) is 1.73. The average molecular weight is 342 g/mol. The highest BCUT2D eigenvalue weighted by molar-refractivity contribution is 9.10. The van der Waals surface area contributed by atoms with Crippen LogP contribution in [0.2, 0.25) is 0 Å². The predicted molar refractivity (Wildman–Crippen MR) is 67.6 cm³/mol. The van der Waals surface area contributed by atoms with Crippen LogP contribution in [0.25, 0.3) is 0 Å². The molecule has 1 aromatic rings. The Kier molecular flexibility index (Phi) is 3.91. The molecule has 0 spiro atoms. The van der Waals surface area contributed by atoms with E-state index in [0.29, 0.717) is 4.47 Å². The molecule has 1 N–H and O–H groups in total. The minimum absolute atomic E-state index is 0.0746. The Labute approximate surface area is 112 Å². The first kappa shape index (κ1) is 13.4. The number of halogens is 1. The van der Waals surface area contributed by atoms with E-state index in [9.17, 15) is 13.5 Å². The molecule has 0 bridgehead atoms. The highest BCUT2D eigenvalue weighted by atomic mass is 79.9. The van der Waals surface area contributed by atoms with E-state index in [1.807, 2.05) is 0 Å². The smallest absolute Gasteiger partial charge is 0.253 e. The van der Waals surface area contributed by atoms with E-state index in [1.165, 1.54) is 11.4 Å². The van der Waals surface area contributed by atoms with Crippen LogP contribution >= 0.6 is 27.3 Å². The fourth-order valence-corrected chi connectivity index (χ4v) is 5.65. The van der Waals surface area contributed by atoms with Gasteiger partial charge in [0.2, 0.25) is 0 Å². The molecule has 0 aliphatic carbocycles. The van der Waals surface area contributed by atoms with E-state index < -0.39 is 22.2 Å². The number of aliphatic hydroxyl groups is 1. The number of thiophene rings is 1. The third kappa shape index (κ3) is 2.42. The summed E-state index contributed by atoms with van der Waals surface area (Å²) >= 11 is 4.36. The van der Waals surface area contributed by atoms with E-state index >= 15 is 0 Å². The highest BCUT2D eigenvalue weighted by Gasteiger charge is 2.39. The molecule has 0 radical (unpaired) electrons. The first-order valence-corrected chi connectivity index (χ1v) is 8.02. The molecule has 0 aromatic carbocycles. The van der Waals surface area contributed by atoms with Crippen LogP contribution in [0.1, 0.15) is 0 Å². The minimum Gasteiger partial charge on any atom is -0.389 e. The molecule has 17 heavy (non-hydrogen) atoms. The molecule has 5 nitrogen and oxygen atoms in total. The lowest BCUT2D eigenvalue weighted by Gasteiger charge is -2.14. The summed E-state index contributed by atoms with van der Waals surface area (Å²) in [6.07, 6.45) is -1.22. The van der Waals surface area contributed by atoms with Gasteiger partial charge in [0.05, 0.1) is 12.2 Å². The van der Waals surface area contributed by atoms with Gasteiger partial charge in [0.1, 0.15) is 4.21 Å². The molecule has 1 aliphatic rings. The Morgan fingerprint density at radius 1 is 1.59 bits per heavy atom. The minimum atomic E-state index is -3.54. The first-order valence-electron chi connectivity index (χ1n) is 4.91. The standard InChI is InChI=1S/C9H12BrNO4S2/c1-15-8-5-11(4-7(8)12)17(13,14)9-6(10)2-3-16-9/h2-3,7-8,12H,4-5H2,1H3/t7-,8-/m1/s1. The number of hydrogen-bond acceptors (Lipinski definition) is 5. The summed E-state index contributed by atoms with van der Waals surface area (Å²) in [7, 11) is -2.07. The number of ether oxygens (including phenoxy) is 1. The highest BCUT2D eigenvalue weighted by Crippen LogP contribution is 2.32. The molecule has 0 saturated carbocycles. The number of methoxy groups -OCH3 is 1. The van der Waals surface area contributed by atoms with Crippen LogP contribution in [0.5, 0.6) is 0 Å². The molecule has 1 aliphatic heterocycles. The van der Waals surface area contributed by atoms with E-state index in [2.05, 4.69) is 15.9 Å². The van der Waals surface area contributed by atoms with Gasteiger partial charge in [-0.3, -0.25) is 0 Å². The van der Waals surface area contributed by atoms with Gasteiger partial charge >= 0.3 is 0 Å². The van der Waals surface area contributed by atoms with Crippen LogP contribution in [0.15, 0.2) is 20.1 Å². The Hall–Kier alpha value is 0.01000. The summed E-state index contributed by atoms with van der Waals surface area (Å²) in [5, 5.41) is 11.4. The topological polar surface area (TPSA) is 66.8 Å². The average Bonchev–Trinajstić information content (AvgIpc) is 2.84. The summed E-state index contributed by atoms with van der Waals surface area (Å²) < 4.78 is 31.6. The molecule has 8 heteroatoms. The number of sulfonamides is 1. The second kappa shape index (κ2) is 4.94. The third-order valence-corrected chi connectivity index (χ3v) is 7.14. The van der Waals surface area contributed by atoms with Crippen molar-refractivity contribution in [1.82, 2.24) is 4.31 Å². The third-order valence-electron chi connectivity index (χ3n) is 2.66. The molecule has 2 heterocycles. The number of rotatable bonds is 3. The van der Waals surface area contributed by atoms with Gasteiger partial charge in [-0.25, -0.2) is 8.42 Å². The lowest BCUT2D eigenvalue weighted by atomic mass is 10.3. The van der Waals surface area contributed by atoms with Crippen LogP contribution in [0.4, 0.5) is 0 Å². The van der Waals surface area contributed by atoms with Gasteiger partial charge in [0.25, 0.3) is 10.0 Å². The van der Waals surface area contributed by atoms with Crippen molar-refractivity contribution >= 4 is 37.3 Å². The normalized spacial score (nSPS) is 26.5. The quantitative estimate of drug-likeness (QED) is 0.886. The van der Waals surface area contributed by atoms with Crippen molar-refractivity contribution in [3.63, 3.8) is 0 Å².